The molecule has 3 heterocycles. The third kappa shape index (κ3) is 7.16. The lowest BCUT2D eigenvalue weighted by atomic mass is 9.65. The Morgan fingerprint density at radius 3 is 2.36 bits per heavy atom. The molecule has 8 nitrogen and oxygen atoms in total. The Balaban J connectivity index is 0.882. The maximum absolute atomic E-state index is 13.3. The molecule has 6 rings (SSSR count). The van der Waals surface area contributed by atoms with Gasteiger partial charge in [-0.3, -0.25) is 4.79 Å². The number of hydrogen-bond donors (Lipinski definition) is 1. The van der Waals surface area contributed by atoms with Gasteiger partial charge in [-0.2, -0.15) is 0 Å². The van der Waals surface area contributed by atoms with Gasteiger partial charge < -0.3 is 29.3 Å². The van der Waals surface area contributed by atoms with E-state index in [2.05, 4.69) is 17.4 Å². The smallest absolute Gasteiger partial charge is 0.410 e. The Hall–Kier alpha value is -2.94. The summed E-state index contributed by atoms with van der Waals surface area (Å²) in [4.78, 5) is 29.7. The minimum absolute atomic E-state index is 0.0624. The van der Waals surface area contributed by atoms with E-state index in [0.29, 0.717) is 37.6 Å². The Morgan fingerprint density at radius 2 is 1.62 bits per heavy atom. The van der Waals surface area contributed by atoms with Crippen LogP contribution >= 0.6 is 0 Å². The van der Waals surface area contributed by atoms with Crippen LogP contribution in [0.15, 0.2) is 60.7 Å². The maximum atomic E-state index is 13.3. The highest BCUT2D eigenvalue weighted by atomic mass is 16.6. The van der Waals surface area contributed by atoms with Gasteiger partial charge in [0.05, 0.1) is 25.3 Å². The van der Waals surface area contributed by atoms with Gasteiger partial charge in [0.15, 0.2) is 0 Å². The second-order valence-electron chi connectivity index (χ2n) is 12.7. The SMILES string of the molecule is O=C(OCc1ccccc1)N1CCC2(CCC(CO[C@@H]3CNC(C(=O)N4CCO[C@H](c5ccccc5)C4)C3)CC2)CC1. The molecular formula is C34H45N3O5. The fraction of sp³-hybridized carbons (Fsp3) is 0.588. The van der Waals surface area contributed by atoms with Crippen LogP contribution in [0.2, 0.25) is 0 Å². The highest BCUT2D eigenvalue weighted by Crippen LogP contribution is 2.46. The maximum Gasteiger partial charge on any atom is 0.410 e. The van der Waals surface area contributed by atoms with Gasteiger partial charge in [-0.25, -0.2) is 4.79 Å². The van der Waals surface area contributed by atoms with Crippen LogP contribution in [0.1, 0.15) is 62.2 Å². The van der Waals surface area contributed by atoms with Crippen molar-refractivity contribution in [3.63, 3.8) is 0 Å². The van der Waals surface area contributed by atoms with Gasteiger partial charge in [-0.15, -0.1) is 0 Å². The first-order chi connectivity index (χ1) is 20.6. The van der Waals surface area contributed by atoms with Crippen molar-refractivity contribution in [1.29, 1.82) is 0 Å². The van der Waals surface area contributed by atoms with Crippen LogP contribution in [0.25, 0.3) is 0 Å². The number of carbonyl (C=O) groups is 2. The summed E-state index contributed by atoms with van der Waals surface area (Å²) in [6.45, 7) is 5.21. The molecule has 0 aromatic heterocycles. The summed E-state index contributed by atoms with van der Waals surface area (Å²) in [5.41, 5.74) is 2.50. The number of nitrogens with one attached hydrogen (secondary N) is 1. The number of amides is 2. The molecular weight excluding hydrogens is 530 g/mol. The molecule has 3 atom stereocenters. The lowest BCUT2D eigenvalue weighted by molar-refractivity contribution is -0.141. The Labute approximate surface area is 249 Å². The largest absolute Gasteiger partial charge is 0.445 e. The molecule has 2 aromatic carbocycles. The van der Waals surface area contributed by atoms with E-state index in [9.17, 15) is 9.59 Å². The predicted octanol–water partition coefficient (Wildman–Crippen LogP) is 4.94. The average Bonchev–Trinajstić information content (AvgIpc) is 3.53. The van der Waals surface area contributed by atoms with Crippen LogP contribution in [0, 0.1) is 11.3 Å². The minimum Gasteiger partial charge on any atom is -0.445 e. The first kappa shape index (κ1) is 29.1. The first-order valence-electron chi connectivity index (χ1n) is 15.8. The fourth-order valence-corrected chi connectivity index (χ4v) is 7.16. The molecule has 3 aliphatic heterocycles. The number of morpholine rings is 1. The summed E-state index contributed by atoms with van der Waals surface area (Å²) < 4.78 is 17.9. The quantitative estimate of drug-likeness (QED) is 0.504. The third-order valence-corrected chi connectivity index (χ3v) is 9.96. The summed E-state index contributed by atoms with van der Waals surface area (Å²) in [7, 11) is 0. The van der Waals surface area contributed by atoms with E-state index in [1.807, 2.05) is 58.3 Å². The zero-order chi connectivity index (χ0) is 28.8. The molecule has 42 heavy (non-hydrogen) atoms. The molecule has 2 amide bonds. The van der Waals surface area contributed by atoms with Crippen LogP contribution in [-0.2, 0) is 25.6 Å². The zero-order valence-electron chi connectivity index (χ0n) is 24.6. The van der Waals surface area contributed by atoms with E-state index in [1.165, 1.54) is 25.7 Å². The highest BCUT2D eigenvalue weighted by Gasteiger charge is 2.40. The van der Waals surface area contributed by atoms with Crippen molar-refractivity contribution in [3.05, 3.63) is 71.8 Å². The summed E-state index contributed by atoms with van der Waals surface area (Å²) in [6.07, 6.45) is 7.45. The molecule has 0 radical (unpaired) electrons. The van der Waals surface area contributed by atoms with E-state index >= 15 is 0 Å². The zero-order valence-corrected chi connectivity index (χ0v) is 24.6. The van der Waals surface area contributed by atoms with Gasteiger partial charge in [-0.05, 0) is 67.4 Å². The lowest BCUT2D eigenvalue weighted by Gasteiger charge is -2.45. The number of rotatable bonds is 7. The fourth-order valence-electron chi connectivity index (χ4n) is 7.16. The highest BCUT2D eigenvalue weighted by molar-refractivity contribution is 5.82. The normalized spacial score (nSPS) is 26.3. The lowest BCUT2D eigenvalue weighted by Crippen LogP contribution is -2.49. The van der Waals surface area contributed by atoms with Crippen molar-refractivity contribution in [2.24, 2.45) is 11.3 Å². The number of hydrogen-bond acceptors (Lipinski definition) is 6. The van der Waals surface area contributed by atoms with Crippen LogP contribution < -0.4 is 5.32 Å². The number of carbonyl (C=O) groups excluding carboxylic acids is 2. The molecule has 226 valence electrons. The number of ether oxygens (including phenoxy) is 3. The van der Waals surface area contributed by atoms with Crippen molar-refractivity contribution in [2.75, 3.05) is 45.9 Å². The number of benzene rings is 2. The Morgan fingerprint density at radius 1 is 0.905 bits per heavy atom. The van der Waals surface area contributed by atoms with Gasteiger partial charge in [0.1, 0.15) is 12.7 Å². The molecule has 2 aromatic rings. The van der Waals surface area contributed by atoms with Crippen LogP contribution in [0.4, 0.5) is 4.79 Å². The molecule has 4 aliphatic rings. The second-order valence-corrected chi connectivity index (χ2v) is 12.7. The van der Waals surface area contributed by atoms with Crippen molar-refractivity contribution in [2.45, 2.75) is 69.8 Å². The minimum atomic E-state index is -0.192. The number of likely N-dealkylation sites (tertiary alicyclic amines) is 1. The van der Waals surface area contributed by atoms with Crippen molar-refractivity contribution in [1.82, 2.24) is 15.1 Å². The molecule has 1 saturated carbocycles. The third-order valence-electron chi connectivity index (χ3n) is 9.96. The molecule has 1 spiro atoms. The summed E-state index contributed by atoms with van der Waals surface area (Å²) in [6, 6.07) is 19.8. The first-order valence-corrected chi connectivity index (χ1v) is 15.8. The van der Waals surface area contributed by atoms with Gasteiger partial charge in [0.2, 0.25) is 5.91 Å². The Bertz CT molecular complexity index is 1160. The van der Waals surface area contributed by atoms with Crippen LogP contribution in [0.3, 0.4) is 0 Å². The molecule has 4 fully saturated rings. The van der Waals surface area contributed by atoms with Crippen LogP contribution in [-0.4, -0.2) is 79.9 Å². The second kappa shape index (κ2) is 13.6. The number of nitrogens with zero attached hydrogens (tertiary/aromatic N) is 2. The Kier molecular flexibility index (Phi) is 9.42. The summed E-state index contributed by atoms with van der Waals surface area (Å²) in [5.74, 6) is 0.741. The molecule has 3 saturated heterocycles. The van der Waals surface area contributed by atoms with Crippen LogP contribution in [0.5, 0.6) is 0 Å². The van der Waals surface area contributed by atoms with Gasteiger partial charge in [-0.1, -0.05) is 60.7 Å². The molecule has 1 N–H and O–H groups in total. The molecule has 1 unspecified atom stereocenters. The number of piperidine rings is 1. The summed E-state index contributed by atoms with van der Waals surface area (Å²) in [5, 5.41) is 3.42. The average molecular weight is 576 g/mol. The standard InChI is InChI=1S/C34H45N3O5/c38-32(37-19-20-40-31(23-37)28-9-5-2-6-10-28)30-21-29(22-35-30)41-24-27-11-13-34(14-12-27)15-17-36(18-16-34)33(39)42-25-26-7-3-1-4-8-26/h1-10,27,29-31,35H,11-25H2/t29-,30?,31-/m0/s1. The van der Waals surface area contributed by atoms with E-state index < -0.39 is 0 Å². The molecule has 0 bridgehead atoms. The van der Waals surface area contributed by atoms with E-state index in [-0.39, 0.29) is 30.3 Å². The molecule has 8 heteroatoms. The predicted molar refractivity (Wildman–Crippen MR) is 160 cm³/mol. The van der Waals surface area contributed by atoms with E-state index in [1.54, 1.807) is 0 Å². The van der Waals surface area contributed by atoms with Crippen molar-refractivity contribution >= 4 is 12.0 Å². The van der Waals surface area contributed by atoms with Crippen molar-refractivity contribution in [3.8, 4) is 0 Å². The monoisotopic (exact) mass is 575 g/mol. The van der Waals surface area contributed by atoms with E-state index in [4.69, 9.17) is 14.2 Å². The van der Waals surface area contributed by atoms with Crippen molar-refractivity contribution < 1.29 is 23.8 Å². The summed E-state index contributed by atoms with van der Waals surface area (Å²) >= 11 is 0. The van der Waals surface area contributed by atoms with Gasteiger partial charge >= 0.3 is 6.09 Å². The van der Waals surface area contributed by atoms with Gasteiger partial charge in [0, 0.05) is 32.8 Å². The molecule has 1 aliphatic carbocycles. The topological polar surface area (TPSA) is 80.3 Å². The van der Waals surface area contributed by atoms with E-state index in [0.717, 1.165) is 56.6 Å². The van der Waals surface area contributed by atoms with Gasteiger partial charge in [0.25, 0.3) is 0 Å².